The Morgan fingerprint density at radius 2 is 2.06 bits per heavy atom. The highest BCUT2D eigenvalue weighted by atomic mass is 79.9. The molecule has 0 aromatic heterocycles. The van der Waals surface area contributed by atoms with Crippen LogP contribution in [0.5, 0.6) is 5.75 Å². The van der Waals surface area contributed by atoms with E-state index in [2.05, 4.69) is 20.7 Å². The molecule has 0 fully saturated rings. The Kier molecular flexibility index (Phi) is 4.08. The minimum Gasteiger partial charge on any atom is -0.474 e. The second-order valence-corrected chi connectivity index (χ2v) is 4.68. The van der Waals surface area contributed by atoms with Crippen LogP contribution in [-0.2, 0) is 4.79 Å². The van der Waals surface area contributed by atoms with Gasteiger partial charge in [0.05, 0.1) is 0 Å². The van der Waals surface area contributed by atoms with Crippen LogP contribution in [-0.4, -0.2) is 17.2 Å². The topological polar surface area (TPSA) is 46.5 Å². The first-order valence-corrected chi connectivity index (χ1v) is 5.63. The third-order valence-electron chi connectivity index (χ3n) is 2.08. The molecule has 3 nitrogen and oxygen atoms in total. The van der Waals surface area contributed by atoms with E-state index >= 15 is 0 Å². The average molecular weight is 309 g/mol. The minimum atomic E-state index is -4.22. The molecule has 0 unspecified atom stereocenters. The van der Waals surface area contributed by atoms with Crippen LogP contribution in [0.25, 0.3) is 0 Å². The van der Waals surface area contributed by atoms with Crippen molar-refractivity contribution in [2.45, 2.75) is 25.9 Å². The van der Waals surface area contributed by atoms with Crippen LogP contribution in [0.15, 0.2) is 22.7 Å². The Balaban J connectivity index is 3.10. The smallest absolute Gasteiger partial charge is 0.474 e. The molecular weight excluding hydrogens is 298 g/mol. The summed E-state index contributed by atoms with van der Waals surface area (Å²) in [5.74, 6) is -2.50. The van der Waals surface area contributed by atoms with Crippen LogP contribution in [0.3, 0.4) is 0 Å². The molecule has 0 aliphatic rings. The second-order valence-electron chi connectivity index (χ2n) is 3.76. The lowest BCUT2D eigenvalue weighted by atomic mass is 10.0. The Labute approximate surface area is 106 Å². The Bertz CT molecular complexity index is 433. The molecule has 0 heterocycles. The Morgan fingerprint density at radius 3 is 2.53 bits per heavy atom. The summed E-state index contributed by atoms with van der Waals surface area (Å²) in [4.78, 5) is 10.3. The summed E-state index contributed by atoms with van der Waals surface area (Å²) >= 11 is 3.21. The van der Waals surface area contributed by atoms with E-state index < -0.39 is 12.1 Å². The molecule has 0 amide bonds. The van der Waals surface area contributed by atoms with Gasteiger partial charge in [-0.05, 0) is 29.7 Å². The number of halogens is 3. The van der Waals surface area contributed by atoms with Gasteiger partial charge in [-0.3, -0.25) is 0 Å². The molecule has 0 aliphatic carbocycles. The van der Waals surface area contributed by atoms with Gasteiger partial charge in [-0.15, -0.1) is 0 Å². The van der Waals surface area contributed by atoms with Gasteiger partial charge in [-0.25, -0.2) is 4.79 Å². The van der Waals surface area contributed by atoms with Gasteiger partial charge in [-0.1, -0.05) is 29.8 Å². The first kappa shape index (κ1) is 13.9. The monoisotopic (exact) mass is 308 g/mol. The fraction of sp³-hybridized carbons (Fsp3) is 0.364. The van der Waals surface area contributed by atoms with Crippen molar-refractivity contribution in [1.29, 1.82) is 0 Å². The molecule has 1 aromatic carbocycles. The quantitative estimate of drug-likeness (QED) is 0.924. The van der Waals surface area contributed by atoms with Crippen molar-refractivity contribution in [3.05, 3.63) is 28.2 Å². The van der Waals surface area contributed by atoms with Crippen molar-refractivity contribution in [2.24, 2.45) is 0 Å². The van der Waals surface area contributed by atoms with Gasteiger partial charge in [0.1, 0.15) is 5.75 Å². The van der Waals surface area contributed by atoms with Crippen molar-refractivity contribution in [3.8, 4) is 5.75 Å². The van der Waals surface area contributed by atoms with E-state index in [1.54, 1.807) is 19.9 Å². The van der Waals surface area contributed by atoms with Gasteiger partial charge in [0.2, 0.25) is 0 Å². The predicted octanol–water partition coefficient (Wildman–Crippen LogP) is 3.63. The standard InChI is InChI=1S/C11H11BrF2O3/c1-6(2)8-5-7(12)3-4-9(8)17-11(13,14)10(15)16/h3-6H,1-2H3,(H,15,16). The number of hydrogen-bond donors (Lipinski definition) is 1. The Morgan fingerprint density at radius 1 is 1.47 bits per heavy atom. The average Bonchev–Trinajstić information content (AvgIpc) is 2.19. The number of alkyl halides is 2. The predicted molar refractivity (Wildman–Crippen MR) is 61.4 cm³/mol. The summed E-state index contributed by atoms with van der Waals surface area (Å²) in [6.45, 7) is 3.60. The second kappa shape index (κ2) is 5.00. The fourth-order valence-electron chi connectivity index (χ4n) is 1.25. The van der Waals surface area contributed by atoms with Gasteiger partial charge in [0.25, 0.3) is 0 Å². The molecule has 0 saturated carbocycles. The van der Waals surface area contributed by atoms with Crippen molar-refractivity contribution in [1.82, 2.24) is 0 Å². The number of carbonyl (C=O) groups is 1. The Hall–Kier alpha value is -1.17. The van der Waals surface area contributed by atoms with E-state index in [1.807, 2.05) is 0 Å². The van der Waals surface area contributed by atoms with Crippen LogP contribution in [0, 0.1) is 0 Å². The number of hydrogen-bond acceptors (Lipinski definition) is 2. The maximum absolute atomic E-state index is 12.9. The summed E-state index contributed by atoms with van der Waals surface area (Å²) in [6.07, 6.45) is -4.22. The molecule has 1 N–H and O–H groups in total. The van der Waals surface area contributed by atoms with E-state index in [9.17, 15) is 13.6 Å². The van der Waals surface area contributed by atoms with Crippen LogP contribution in [0.1, 0.15) is 25.3 Å². The molecule has 1 aromatic rings. The highest BCUT2D eigenvalue weighted by molar-refractivity contribution is 9.10. The van der Waals surface area contributed by atoms with E-state index in [4.69, 9.17) is 5.11 Å². The zero-order valence-electron chi connectivity index (χ0n) is 9.21. The van der Waals surface area contributed by atoms with Crippen molar-refractivity contribution < 1.29 is 23.4 Å². The molecule has 0 spiro atoms. The molecule has 0 radical (unpaired) electrons. The third-order valence-corrected chi connectivity index (χ3v) is 2.57. The van der Waals surface area contributed by atoms with E-state index in [-0.39, 0.29) is 11.7 Å². The number of benzene rings is 1. The summed E-state index contributed by atoms with van der Waals surface area (Å²) in [5, 5.41) is 8.30. The minimum absolute atomic E-state index is 0.0629. The highest BCUT2D eigenvalue weighted by Crippen LogP contribution is 2.32. The highest BCUT2D eigenvalue weighted by Gasteiger charge is 2.42. The summed E-state index contributed by atoms with van der Waals surface area (Å²) < 4.78 is 30.9. The van der Waals surface area contributed by atoms with Crippen LogP contribution in [0.4, 0.5) is 8.78 Å². The van der Waals surface area contributed by atoms with Crippen molar-refractivity contribution in [2.75, 3.05) is 0 Å². The molecule has 0 aliphatic heterocycles. The van der Waals surface area contributed by atoms with Crippen LogP contribution < -0.4 is 4.74 Å². The molecule has 0 saturated heterocycles. The summed E-state index contributed by atoms with van der Waals surface area (Å²) in [5.41, 5.74) is 0.514. The lowest BCUT2D eigenvalue weighted by molar-refractivity contribution is -0.211. The van der Waals surface area contributed by atoms with Gasteiger partial charge in [0, 0.05) is 4.47 Å². The zero-order chi connectivity index (χ0) is 13.2. The molecule has 1 rings (SSSR count). The molecule has 6 heteroatoms. The maximum atomic E-state index is 12.9. The van der Waals surface area contributed by atoms with Gasteiger partial charge < -0.3 is 9.84 Å². The van der Waals surface area contributed by atoms with Gasteiger partial charge in [-0.2, -0.15) is 8.78 Å². The van der Waals surface area contributed by atoms with E-state index in [1.165, 1.54) is 12.1 Å². The third kappa shape index (κ3) is 3.39. The number of rotatable bonds is 4. The number of ether oxygens (including phenoxy) is 1. The fourth-order valence-corrected chi connectivity index (χ4v) is 1.62. The normalized spacial score (nSPS) is 11.6. The van der Waals surface area contributed by atoms with Crippen LogP contribution >= 0.6 is 15.9 Å². The zero-order valence-corrected chi connectivity index (χ0v) is 10.8. The van der Waals surface area contributed by atoms with E-state index in [0.717, 1.165) is 0 Å². The number of aliphatic carboxylic acids is 1. The van der Waals surface area contributed by atoms with Crippen molar-refractivity contribution >= 4 is 21.9 Å². The molecule has 94 valence electrons. The summed E-state index contributed by atoms with van der Waals surface area (Å²) in [7, 11) is 0. The van der Waals surface area contributed by atoms with E-state index in [0.29, 0.717) is 10.0 Å². The first-order valence-electron chi connectivity index (χ1n) is 4.83. The number of carboxylic acids is 1. The molecule has 17 heavy (non-hydrogen) atoms. The molecular formula is C11H11BrF2O3. The number of carboxylic acid groups (broad SMARTS) is 1. The van der Waals surface area contributed by atoms with Crippen LogP contribution in [0.2, 0.25) is 0 Å². The SMILES string of the molecule is CC(C)c1cc(Br)ccc1OC(F)(F)C(=O)O. The summed E-state index contributed by atoms with van der Waals surface area (Å²) in [6, 6.07) is 4.45. The lowest BCUT2D eigenvalue weighted by Gasteiger charge is -2.18. The molecule has 0 bridgehead atoms. The molecule has 0 atom stereocenters. The lowest BCUT2D eigenvalue weighted by Crippen LogP contribution is -2.35. The van der Waals surface area contributed by atoms with Gasteiger partial charge in [0.15, 0.2) is 0 Å². The van der Waals surface area contributed by atoms with Crippen molar-refractivity contribution in [3.63, 3.8) is 0 Å². The maximum Gasteiger partial charge on any atom is 0.501 e. The largest absolute Gasteiger partial charge is 0.501 e. The first-order chi connectivity index (χ1) is 7.74. The van der Waals surface area contributed by atoms with Gasteiger partial charge >= 0.3 is 12.1 Å².